The zero-order chi connectivity index (χ0) is 16.0. The summed E-state index contributed by atoms with van der Waals surface area (Å²) in [5.41, 5.74) is 0.318. The molecule has 0 amide bonds. The second-order valence-corrected chi connectivity index (χ2v) is 5.83. The molecule has 2 aromatic heterocycles. The van der Waals surface area contributed by atoms with Crippen LogP contribution in [0.25, 0.3) is 11.0 Å². The van der Waals surface area contributed by atoms with Gasteiger partial charge in [-0.2, -0.15) is 0 Å². The number of H-pyrrole nitrogens is 1. The first-order valence-electron chi connectivity index (χ1n) is 7.20. The molecular weight excluding hydrogens is 317 g/mol. The average molecular weight is 329 g/mol. The highest BCUT2D eigenvalue weighted by atomic mass is 32.1. The first-order valence-corrected chi connectivity index (χ1v) is 7.61. The number of fused-ring (bicyclic) bond motifs is 1. The van der Waals surface area contributed by atoms with Crippen LogP contribution in [0.4, 0.5) is 4.39 Å². The molecule has 5 nitrogen and oxygen atoms in total. The monoisotopic (exact) mass is 329 g/mol. The molecule has 116 valence electrons. The van der Waals surface area contributed by atoms with Crippen LogP contribution in [0.2, 0.25) is 0 Å². The van der Waals surface area contributed by atoms with Crippen molar-refractivity contribution in [3.05, 3.63) is 57.5 Å². The number of rotatable bonds is 3. The van der Waals surface area contributed by atoms with Crippen LogP contribution in [0.1, 0.15) is 18.9 Å². The minimum atomic E-state index is -0.518. The third kappa shape index (κ3) is 2.53. The van der Waals surface area contributed by atoms with Crippen molar-refractivity contribution in [3.8, 4) is 11.5 Å². The Morgan fingerprint density at radius 2 is 2.09 bits per heavy atom. The van der Waals surface area contributed by atoms with E-state index in [2.05, 4.69) is 9.97 Å². The Morgan fingerprint density at radius 1 is 1.30 bits per heavy atom. The van der Waals surface area contributed by atoms with Gasteiger partial charge in [0.1, 0.15) is 5.65 Å². The van der Waals surface area contributed by atoms with Crippen LogP contribution in [-0.2, 0) is 0 Å². The topological polar surface area (TPSA) is 59.9 Å². The molecule has 0 spiro atoms. The van der Waals surface area contributed by atoms with E-state index in [0.29, 0.717) is 15.8 Å². The Kier molecular flexibility index (Phi) is 3.23. The number of pyridine rings is 1. The lowest BCUT2D eigenvalue weighted by Crippen LogP contribution is -2.21. The Morgan fingerprint density at radius 3 is 2.83 bits per heavy atom. The van der Waals surface area contributed by atoms with Crippen LogP contribution >= 0.6 is 12.2 Å². The number of hydrogen-bond acceptors (Lipinski definition) is 4. The highest BCUT2D eigenvalue weighted by molar-refractivity contribution is 7.71. The number of halogens is 1. The maximum atomic E-state index is 13.8. The fourth-order valence-electron chi connectivity index (χ4n) is 2.52. The lowest BCUT2D eigenvalue weighted by molar-refractivity contribution is 0.432. The summed E-state index contributed by atoms with van der Waals surface area (Å²) in [5, 5.41) is 0.691. The van der Waals surface area contributed by atoms with Crippen LogP contribution in [0, 0.1) is 10.6 Å². The molecule has 1 aliphatic rings. The summed E-state index contributed by atoms with van der Waals surface area (Å²) in [4.78, 5) is 19.7. The van der Waals surface area contributed by atoms with Gasteiger partial charge in [0.25, 0.3) is 5.56 Å². The maximum Gasteiger partial charge on any atom is 0.295 e. The van der Waals surface area contributed by atoms with Gasteiger partial charge in [-0.3, -0.25) is 9.36 Å². The van der Waals surface area contributed by atoms with Gasteiger partial charge in [-0.25, -0.2) is 9.37 Å². The van der Waals surface area contributed by atoms with E-state index in [-0.39, 0.29) is 23.1 Å². The number of hydrogen-bond donors (Lipinski definition) is 1. The highest BCUT2D eigenvalue weighted by Crippen LogP contribution is 2.36. The van der Waals surface area contributed by atoms with E-state index in [4.69, 9.17) is 17.0 Å². The number of ether oxygens (including phenoxy) is 1. The third-order valence-corrected chi connectivity index (χ3v) is 3.95. The van der Waals surface area contributed by atoms with Crippen LogP contribution in [-0.4, -0.2) is 14.5 Å². The van der Waals surface area contributed by atoms with Crippen molar-refractivity contribution >= 4 is 23.3 Å². The fourth-order valence-corrected chi connectivity index (χ4v) is 2.67. The second-order valence-electron chi connectivity index (χ2n) is 5.44. The van der Waals surface area contributed by atoms with Gasteiger partial charge < -0.3 is 9.72 Å². The summed E-state index contributed by atoms with van der Waals surface area (Å²) >= 11 is 5.04. The zero-order valence-electron chi connectivity index (χ0n) is 12.0. The predicted octanol–water partition coefficient (Wildman–Crippen LogP) is 3.72. The van der Waals surface area contributed by atoms with Gasteiger partial charge in [-0.1, -0.05) is 12.1 Å². The van der Waals surface area contributed by atoms with Crippen LogP contribution in [0.5, 0.6) is 11.5 Å². The minimum Gasteiger partial charge on any atom is -0.448 e. The van der Waals surface area contributed by atoms with Crippen LogP contribution in [0.3, 0.4) is 0 Å². The van der Waals surface area contributed by atoms with E-state index in [1.807, 2.05) is 0 Å². The Bertz CT molecular complexity index is 1020. The van der Waals surface area contributed by atoms with Gasteiger partial charge in [0, 0.05) is 17.6 Å². The molecule has 1 aliphatic carbocycles. The van der Waals surface area contributed by atoms with Gasteiger partial charge in [-0.05, 0) is 43.3 Å². The van der Waals surface area contributed by atoms with E-state index in [9.17, 15) is 9.18 Å². The molecule has 4 rings (SSSR count). The molecule has 7 heteroatoms. The lowest BCUT2D eigenvalue weighted by atomic mass is 10.3. The zero-order valence-corrected chi connectivity index (χ0v) is 12.8. The van der Waals surface area contributed by atoms with Crippen molar-refractivity contribution in [2.24, 2.45) is 0 Å². The number of para-hydroxylation sites is 1. The summed E-state index contributed by atoms with van der Waals surface area (Å²) in [5.74, 6) is -0.430. The molecule has 0 unspecified atom stereocenters. The highest BCUT2D eigenvalue weighted by Gasteiger charge is 2.28. The van der Waals surface area contributed by atoms with E-state index in [0.717, 1.165) is 12.8 Å². The van der Waals surface area contributed by atoms with Crippen molar-refractivity contribution in [3.63, 3.8) is 0 Å². The molecule has 1 saturated carbocycles. The molecule has 0 atom stereocenters. The average Bonchev–Trinajstić information content (AvgIpc) is 3.35. The normalized spacial score (nSPS) is 14.1. The van der Waals surface area contributed by atoms with E-state index in [1.54, 1.807) is 29.0 Å². The van der Waals surface area contributed by atoms with Gasteiger partial charge in [-0.15, -0.1) is 0 Å². The molecule has 0 radical (unpaired) electrons. The SMILES string of the molecule is O=c1c(Oc2ccccc2F)cc2cnc(=S)[nH]c2n1C1CC1. The van der Waals surface area contributed by atoms with Crippen molar-refractivity contribution in [2.75, 3.05) is 0 Å². The smallest absolute Gasteiger partial charge is 0.295 e. The Labute approximate surface area is 135 Å². The fraction of sp³-hybridized carbons (Fsp3) is 0.188. The van der Waals surface area contributed by atoms with Crippen molar-refractivity contribution < 1.29 is 9.13 Å². The predicted molar refractivity (Wildman–Crippen MR) is 85.9 cm³/mol. The summed E-state index contributed by atoms with van der Waals surface area (Å²) in [6.07, 6.45) is 3.42. The molecule has 2 heterocycles. The van der Waals surface area contributed by atoms with Gasteiger partial charge in [0.2, 0.25) is 0 Å². The number of nitrogens with one attached hydrogen (secondary N) is 1. The number of aromatic nitrogens is 3. The molecule has 1 N–H and O–H groups in total. The molecule has 23 heavy (non-hydrogen) atoms. The van der Waals surface area contributed by atoms with Crippen molar-refractivity contribution in [2.45, 2.75) is 18.9 Å². The van der Waals surface area contributed by atoms with Crippen molar-refractivity contribution in [1.82, 2.24) is 14.5 Å². The van der Waals surface area contributed by atoms with E-state index in [1.165, 1.54) is 12.1 Å². The van der Waals surface area contributed by atoms with E-state index < -0.39 is 5.82 Å². The molecule has 0 bridgehead atoms. The third-order valence-electron chi connectivity index (χ3n) is 3.75. The van der Waals surface area contributed by atoms with Gasteiger partial charge in [0.15, 0.2) is 22.1 Å². The largest absolute Gasteiger partial charge is 0.448 e. The minimum absolute atomic E-state index is 0.0168. The van der Waals surface area contributed by atoms with E-state index >= 15 is 0 Å². The number of benzene rings is 1. The molecule has 1 aromatic carbocycles. The van der Waals surface area contributed by atoms with Gasteiger partial charge in [0.05, 0.1) is 0 Å². The van der Waals surface area contributed by atoms with Crippen molar-refractivity contribution in [1.29, 1.82) is 0 Å². The van der Waals surface area contributed by atoms with Crippen LogP contribution < -0.4 is 10.3 Å². The Hall–Kier alpha value is -2.54. The molecule has 0 saturated heterocycles. The Balaban J connectivity index is 1.92. The summed E-state index contributed by atoms with van der Waals surface area (Å²) < 4.78 is 21.2. The second kappa shape index (κ2) is 5.27. The summed E-state index contributed by atoms with van der Waals surface area (Å²) in [7, 11) is 0. The van der Waals surface area contributed by atoms with Gasteiger partial charge >= 0.3 is 0 Å². The molecule has 3 aromatic rings. The molecular formula is C16H12FN3O2S. The number of aromatic amines is 1. The van der Waals surface area contributed by atoms with Crippen LogP contribution in [0.15, 0.2) is 41.3 Å². The summed E-state index contributed by atoms with van der Waals surface area (Å²) in [6, 6.07) is 7.65. The lowest BCUT2D eigenvalue weighted by Gasteiger charge is -2.12. The first kappa shape index (κ1) is 14.1. The number of nitrogens with zero attached hydrogens (tertiary/aromatic N) is 2. The molecule has 0 aliphatic heterocycles. The molecule has 1 fully saturated rings. The first-order chi connectivity index (χ1) is 11.1. The standard InChI is InChI=1S/C16H12FN3O2S/c17-11-3-1-2-4-12(11)22-13-7-9-8-18-16(23)19-14(9)20(15(13)21)10-5-6-10/h1-4,7-8,10H,5-6H2,(H,18,19,23). The summed E-state index contributed by atoms with van der Waals surface area (Å²) in [6.45, 7) is 0. The maximum absolute atomic E-state index is 13.8. The quantitative estimate of drug-likeness (QED) is 0.744.